The number of rotatable bonds is 16. The van der Waals surface area contributed by atoms with E-state index in [-0.39, 0.29) is 70.5 Å². The molecule has 0 aliphatic rings. The van der Waals surface area contributed by atoms with E-state index in [1.165, 1.54) is 52.0 Å². The summed E-state index contributed by atoms with van der Waals surface area (Å²) in [7, 11) is 0. The molecule has 0 radical (unpaired) electrons. The molecular weight excluding hydrogens is 576 g/mol. The number of aliphatic carboxylic acids is 4. The van der Waals surface area contributed by atoms with Crippen molar-refractivity contribution in [2.75, 3.05) is 0 Å². The Morgan fingerprint density at radius 2 is 0.561 bits per heavy atom. The van der Waals surface area contributed by atoms with Crippen LogP contribution in [0.5, 0.6) is 0 Å². The number of ketones is 4. The van der Waals surface area contributed by atoms with Gasteiger partial charge in [0.1, 0.15) is 23.1 Å². The molecule has 0 saturated carbocycles. The van der Waals surface area contributed by atoms with E-state index in [4.69, 9.17) is 0 Å². The molecule has 0 spiro atoms. The van der Waals surface area contributed by atoms with Crippen molar-refractivity contribution in [2.24, 2.45) is 23.7 Å². The summed E-state index contributed by atoms with van der Waals surface area (Å²) in [5, 5.41) is 40.6. The number of carboxylic acid groups (broad SMARTS) is 4. The number of hydrogen-bond acceptors (Lipinski definition) is 12. The maximum Gasteiger partial charge on any atom is 4.00 e. The molecule has 0 aromatic rings. The van der Waals surface area contributed by atoms with E-state index in [0.29, 0.717) is 0 Å². The summed E-state index contributed by atoms with van der Waals surface area (Å²) in [6, 6.07) is 0. The topological polar surface area (TPSA) is 229 Å². The smallest absolute Gasteiger partial charge is 0.549 e. The van der Waals surface area contributed by atoms with Gasteiger partial charge in [0.05, 0.1) is 47.5 Å². The third-order valence-electron chi connectivity index (χ3n) is 4.71. The van der Waals surface area contributed by atoms with Gasteiger partial charge in [0.25, 0.3) is 0 Å². The molecule has 0 aromatic carbocycles. The van der Waals surface area contributed by atoms with E-state index in [1.54, 1.807) is 0 Å². The fourth-order valence-corrected chi connectivity index (χ4v) is 2.38. The SMILES string of the molecule is C=CCC(C(C)=O)C(=O)[O-].C=CCC(C(C)=O)C(=O)[O-].C=CCC(C(C)=O)C(=O)[O-].C=CCC(C(C)=O)C(=O)[O-].[Ti+4]. The third kappa shape index (κ3) is 26.2. The molecule has 0 N–H and O–H groups in total. The summed E-state index contributed by atoms with van der Waals surface area (Å²) >= 11 is 0. The fourth-order valence-electron chi connectivity index (χ4n) is 2.38. The number of hydrogen-bond donors (Lipinski definition) is 0. The first-order chi connectivity index (χ1) is 18.4. The third-order valence-corrected chi connectivity index (χ3v) is 4.71. The molecule has 13 heteroatoms. The van der Waals surface area contributed by atoms with Gasteiger partial charge in [-0.3, -0.25) is 19.2 Å². The van der Waals surface area contributed by atoms with E-state index in [9.17, 15) is 58.8 Å². The summed E-state index contributed by atoms with van der Waals surface area (Å²) in [4.78, 5) is 82.6. The van der Waals surface area contributed by atoms with Crippen molar-refractivity contribution in [2.45, 2.75) is 53.4 Å². The Balaban J connectivity index is -0.000000139. The second kappa shape index (κ2) is 27.8. The van der Waals surface area contributed by atoms with Crippen LogP contribution in [0.4, 0.5) is 0 Å². The van der Waals surface area contributed by atoms with Crippen LogP contribution in [0.25, 0.3) is 0 Å². The van der Waals surface area contributed by atoms with Gasteiger partial charge in [0, 0.05) is 0 Å². The second-order valence-electron chi connectivity index (χ2n) is 8.03. The van der Waals surface area contributed by atoms with Crippen LogP contribution in [0.2, 0.25) is 0 Å². The van der Waals surface area contributed by atoms with Crippen LogP contribution in [0.1, 0.15) is 53.4 Å². The number of carboxylic acids is 4. The van der Waals surface area contributed by atoms with Crippen molar-refractivity contribution < 1.29 is 80.5 Å². The zero-order chi connectivity index (χ0) is 32.6. The Morgan fingerprint density at radius 3 is 0.585 bits per heavy atom. The van der Waals surface area contributed by atoms with Gasteiger partial charge in [-0.2, -0.15) is 0 Å². The van der Waals surface area contributed by atoms with Gasteiger partial charge >= 0.3 is 21.7 Å². The molecule has 224 valence electrons. The van der Waals surface area contributed by atoms with Gasteiger partial charge in [-0.05, 0) is 53.4 Å². The maximum absolute atomic E-state index is 10.5. The van der Waals surface area contributed by atoms with Crippen LogP contribution in [0, 0.1) is 23.7 Å². The first kappa shape index (κ1) is 47.0. The van der Waals surface area contributed by atoms with Gasteiger partial charge in [0.15, 0.2) is 0 Å². The molecule has 0 fully saturated rings. The first-order valence-corrected chi connectivity index (χ1v) is 11.7. The van der Waals surface area contributed by atoms with E-state index < -0.39 is 47.5 Å². The molecule has 0 aliphatic heterocycles. The van der Waals surface area contributed by atoms with E-state index >= 15 is 0 Å². The van der Waals surface area contributed by atoms with Crippen molar-refractivity contribution in [1.82, 2.24) is 0 Å². The Labute approximate surface area is 254 Å². The summed E-state index contributed by atoms with van der Waals surface area (Å²) in [5.41, 5.74) is 0. The van der Waals surface area contributed by atoms with Crippen LogP contribution in [-0.4, -0.2) is 47.0 Å². The Hall–Kier alpha value is -3.77. The summed E-state index contributed by atoms with van der Waals surface area (Å²) in [6.07, 6.45) is 6.16. The predicted molar refractivity (Wildman–Crippen MR) is 136 cm³/mol. The van der Waals surface area contributed by atoms with Gasteiger partial charge in [-0.15, -0.1) is 26.3 Å². The Bertz CT molecular complexity index is 744. The maximum atomic E-state index is 10.5. The average Bonchev–Trinajstić information content (AvgIpc) is 2.82. The number of carbonyl (C=O) groups excluding carboxylic acids is 8. The molecule has 4 atom stereocenters. The second-order valence-corrected chi connectivity index (χ2v) is 8.03. The molecule has 0 aliphatic carbocycles. The minimum atomic E-state index is -1.33. The monoisotopic (exact) mass is 612 g/mol. The van der Waals surface area contributed by atoms with Gasteiger partial charge in [0.2, 0.25) is 0 Å². The average molecular weight is 612 g/mol. The van der Waals surface area contributed by atoms with Gasteiger partial charge in [-0.25, -0.2) is 0 Å². The largest absolute Gasteiger partial charge is 4.00 e. The van der Waals surface area contributed by atoms with Crippen LogP contribution in [-0.2, 0) is 60.1 Å². The van der Waals surface area contributed by atoms with E-state index in [0.717, 1.165) is 0 Å². The quantitative estimate of drug-likeness (QED) is 0.105. The molecule has 0 amide bonds. The first-order valence-electron chi connectivity index (χ1n) is 11.7. The molecule has 4 unspecified atom stereocenters. The van der Waals surface area contributed by atoms with Gasteiger partial charge in [-0.1, -0.05) is 24.3 Å². The molecule has 0 rings (SSSR count). The number of Topliss-reactive ketones (excluding diaryl/α,β-unsaturated/α-hetero) is 4. The molecule has 0 bridgehead atoms. The normalized spacial score (nSPS) is 11.8. The van der Waals surface area contributed by atoms with Crippen LogP contribution in [0.3, 0.4) is 0 Å². The zero-order valence-corrected chi connectivity index (χ0v) is 25.2. The van der Waals surface area contributed by atoms with E-state index in [1.807, 2.05) is 0 Å². The van der Waals surface area contributed by atoms with Gasteiger partial charge < -0.3 is 39.6 Å². The predicted octanol–water partition coefficient (Wildman–Crippen LogP) is -1.93. The summed E-state index contributed by atoms with van der Waals surface area (Å²) < 4.78 is 0. The molecular formula is C28H36O12Ti. The Kier molecular flexibility index (Phi) is 31.9. The molecule has 0 heterocycles. The van der Waals surface area contributed by atoms with Crippen molar-refractivity contribution in [1.29, 1.82) is 0 Å². The van der Waals surface area contributed by atoms with E-state index in [2.05, 4.69) is 26.3 Å². The van der Waals surface area contributed by atoms with Crippen molar-refractivity contribution in [3.05, 3.63) is 50.6 Å². The molecule has 0 aromatic heterocycles. The summed E-state index contributed by atoms with van der Waals surface area (Å²) in [5.74, 6) is -10.9. The molecule has 12 nitrogen and oxygen atoms in total. The minimum Gasteiger partial charge on any atom is -0.549 e. The molecule has 0 saturated heterocycles. The number of allylic oxidation sites excluding steroid dienone is 4. The fraction of sp³-hybridized carbons (Fsp3) is 0.429. The van der Waals surface area contributed by atoms with Crippen molar-refractivity contribution >= 4 is 47.0 Å². The van der Waals surface area contributed by atoms with Crippen LogP contribution < -0.4 is 20.4 Å². The minimum absolute atomic E-state index is 0. The molecule has 41 heavy (non-hydrogen) atoms. The van der Waals surface area contributed by atoms with Crippen LogP contribution >= 0.6 is 0 Å². The van der Waals surface area contributed by atoms with Crippen molar-refractivity contribution in [3.8, 4) is 0 Å². The van der Waals surface area contributed by atoms with Crippen LogP contribution in [0.15, 0.2) is 50.6 Å². The standard InChI is InChI=1S/4C7H10O3.Ti/c4*1-3-4-6(5(2)8)7(9)10;/h4*3,6H,1,4H2,2H3,(H,9,10);/q;;;;+4/p-4. The van der Waals surface area contributed by atoms with Crippen molar-refractivity contribution in [3.63, 3.8) is 0 Å². The number of carbonyl (C=O) groups is 8. The summed E-state index contributed by atoms with van der Waals surface area (Å²) in [6.45, 7) is 18.2. The zero-order valence-electron chi connectivity index (χ0n) is 23.7. The Morgan fingerprint density at radius 1 is 0.439 bits per heavy atom.